The molecule has 4 heteroatoms. The molecule has 0 heterocycles. The largest absolute Gasteiger partial charge is 0.397 e. The summed E-state index contributed by atoms with van der Waals surface area (Å²) in [6.07, 6.45) is 0. The molecule has 0 unspecified atom stereocenters. The van der Waals surface area contributed by atoms with Crippen LogP contribution in [-0.2, 0) is 0 Å². The molecule has 2 nitrogen and oxygen atoms in total. The van der Waals surface area contributed by atoms with Gasteiger partial charge in [0.15, 0.2) is 0 Å². The van der Waals surface area contributed by atoms with E-state index in [1.807, 2.05) is 24.3 Å². The van der Waals surface area contributed by atoms with Crippen LogP contribution in [-0.4, -0.2) is 0 Å². The highest BCUT2D eigenvalue weighted by Gasteiger charge is 2.05. The maximum atomic E-state index is 13.3. The average molecular weight is 342 g/mol. The van der Waals surface area contributed by atoms with E-state index in [1.54, 1.807) is 13.0 Å². The third-order valence-electron chi connectivity index (χ3n) is 2.43. The van der Waals surface area contributed by atoms with Gasteiger partial charge >= 0.3 is 0 Å². The van der Waals surface area contributed by atoms with E-state index in [1.165, 1.54) is 6.07 Å². The van der Waals surface area contributed by atoms with E-state index < -0.39 is 0 Å². The summed E-state index contributed by atoms with van der Waals surface area (Å²) in [4.78, 5) is 0. The predicted octanol–water partition coefficient (Wildman–Crippen LogP) is 4.06. The molecule has 2 rings (SSSR count). The van der Waals surface area contributed by atoms with Crippen LogP contribution in [0.2, 0.25) is 0 Å². The SMILES string of the molecule is Cc1cc(Nc2cccc(I)c2)c(N)cc1F. The van der Waals surface area contributed by atoms with E-state index in [4.69, 9.17) is 5.73 Å². The topological polar surface area (TPSA) is 38.0 Å². The average Bonchev–Trinajstić information content (AvgIpc) is 2.26. The second-order valence-electron chi connectivity index (χ2n) is 3.82. The van der Waals surface area contributed by atoms with Crippen LogP contribution in [0.1, 0.15) is 5.56 Å². The fourth-order valence-electron chi connectivity index (χ4n) is 1.53. The number of nitrogen functional groups attached to an aromatic ring is 1. The van der Waals surface area contributed by atoms with E-state index in [2.05, 4.69) is 27.9 Å². The first-order valence-electron chi connectivity index (χ1n) is 5.14. The molecular weight excluding hydrogens is 330 g/mol. The predicted molar refractivity (Wildman–Crippen MR) is 78.0 cm³/mol. The molecule has 0 aliphatic heterocycles. The normalized spacial score (nSPS) is 10.3. The second-order valence-corrected chi connectivity index (χ2v) is 5.07. The van der Waals surface area contributed by atoms with E-state index in [9.17, 15) is 4.39 Å². The highest BCUT2D eigenvalue weighted by molar-refractivity contribution is 14.1. The minimum Gasteiger partial charge on any atom is -0.397 e. The highest BCUT2D eigenvalue weighted by atomic mass is 127. The number of benzene rings is 2. The third-order valence-corrected chi connectivity index (χ3v) is 3.11. The van der Waals surface area contributed by atoms with Gasteiger partial charge in [-0.15, -0.1) is 0 Å². The van der Waals surface area contributed by atoms with Crippen molar-refractivity contribution in [3.63, 3.8) is 0 Å². The van der Waals surface area contributed by atoms with Crippen LogP contribution >= 0.6 is 22.6 Å². The number of nitrogens with one attached hydrogen (secondary N) is 1. The molecule has 0 bridgehead atoms. The lowest BCUT2D eigenvalue weighted by molar-refractivity contribution is 0.619. The van der Waals surface area contributed by atoms with Crippen LogP contribution in [0.4, 0.5) is 21.5 Å². The van der Waals surface area contributed by atoms with Gasteiger partial charge in [0.25, 0.3) is 0 Å². The van der Waals surface area contributed by atoms with Crippen LogP contribution in [0.5, 0.6) is 0 Å². The smallest absolute Gasteiger partial charge is 0.128 e. The molecule has 0 aromatic heterocycles. The number of aryl methyl sites for hydroxylation is 1. The van der Waals surface area contributed by atoms with Crippen molar-refractivity contribution >= 4 is 39.7 Å². The van der Waals surface area contributed by atoms with Crippen molar-refractivity contribution in [2.24, 2.45) is 0 Å². The second kappa shape index (κ2) is 4.91. The zero-order valence-electron chi connectivity index (χ0n) is 9.30. The molecule has 0 radical (unpaired) electrons. The van der Waals surface area contributed by atoms with Gasteiger partial charge in [0.1, 0.15) is 5.82 Å². The number of halogens is 2. The lowest BCUT2D eigenvalue weighted by atomic mass is 10.1. The summed E-state index contributed by atoms with van der Waals surface area (Å²) in [5, 5.41) is 3.18. The first kappa shape index (κ1) is 12.2. The Bertz CT molecular complexity index is 555. The van der Waals surface area contributed by atoms with E-state index in [-0.39, 0.29) is 5.82 Å². The Kier molecular flexibility index (Phi) is 3.51. The minimum atomic E-state index is -0.282. The first-order chi connectivity index (χ1) is 8.06. The monoisotopic (exact) mass is 342 g/mol. The summed E-state index contributed by atoms with van der Waals surface area (Å²) < 4.78 is 14.4. The summed E-state index contributed by atoms with van der Waals surface area (Å²) in [6.45, 7) is 1.72. The first-order valence-corrected chi connectivity index (χ1v) is 6.22. The summed E-state index contributed by atoms with van der Waals surface area (Å²) >= 11 is 2.24. The molecule has 0 spiro atoms. The van der Waals surface area contributed by atoms with Gasteiger partial charge in [0.05, 0.1) is 11.4 Å². The van der Waals surface area contributed by atoms with Gasteiger partial charge in [-0.25, -0.2) is 4.39 Å². The molecule has 3 N–H and O–H groups in total. The van der Waals surface area contributed by atoms with Crippen molar-refractivity contribution in [2.45, 2.75) is 6.92 Å². The molecule has 0 amide bonds. The fraction of sp³-hybridized carbons (Fsp3) is 0.0769. The van der Waals surface area contributed by atoms with Crippen LogP contribution in [0.25, 0.3) is 0 Å². The highest BCUT2D eigenvalue weighted by Crippen LogP contribution is 2.26. The number of hydrogen-bond acceptors (Lipinski definition) is 2. The van der Waals surface area contributed by atoms with Crippen molar-refractivity contribution in [3.8, 4) is 0 Å². The van der Waals surface area contributed by atoms with E-state index in [0.29, 0.717) is 11.3 Å². The fourth-order valence-corrected chi connectivity index (χ4v) is 2.07. The van der Waals surface area contributed by atoms with Gasteiger partial charge in [-0.05, 0) is 65.4 Å². The lowest BCUT2D eigenvalue weighted by Gasteiger charge is -2.11. The van der Waals surface area contributed by atoms with E-state index in [0.717, 1.165) is 14.9 Å². The van der Waals surface area contributed by atoms with E-state index >= 15 is 0 Å². The Morgan fingerprint density at radius 2 is 2.00 bits per heavy atom. The standard InChI is InChI=1S/C13H12FIN2/c1-8-5-13(12(16)7-11(8)14)17-10-4-2-3-9(15)6-10/h2-7,17H,16H2,1H3. The van der Waals surface area contributed by atoms with Gasteiger partial charge in [0, 0.05) is 9.26 Å². The van der Waals surface area contributed by atoms with Crippen LogP contribution in [0, 0.1) is 16.3 Å². The van der Waals surface area contributed by atoms with Gasteiger partial charge in [-0.3, -0.25) is 0 Å². The molecule has 0 saturated carbocycles. The number of anilines is 3. The lowest BCUT2D eigenvalue weighted by Crippen LogP contribution is -1.98. The molecule has 0 aliphatic carbocycles. The summed E-state index contributed by atoms with van der Waals surface area (Å²) in [5.74, 6) is -0.282. The van der Waals surface area contributed by atoms with Gasteiger partial charge in [-0.1, -0.05) is 6.07 Å². The van der Waals surface area contributed by atoms with Gasteiger partial charge in [-0.2, -0.15) is 0 Å². The van der Waals surface area contributed by atoms with Crippen LogP contribution in [0.3, 0.4) is 0 Å². The number of nitrogens with two attached hydrogens (primary N) is 1. The Morgan fingerprint density at radius 1 is 1.24 bits per heavy atom. The Labute approximate surface area is 113 Å². The Morgan fingerprint density at radius 3 is 2.71 bits per heavy atom. The summed E-state index contributed by atoms with van der Waals surface area (Å²) in [7, 11) is 0. The van der Waals surface area contributed by atoms with Crippen molar-refractivity contribution in [1.82, 2.24) is 0 Å². The molecule has 0 fully saturated rings. The molecule has 0 atom stereocenters. The third kappa shape index (κ3) is 2.88. The number of hydrogen-bond donors (Lipinski definition) is 2. The van der Waals surface area contributed by atoms with Crippen LogP contribution < -0.4 is 11.1 Å². The van der Waals surface area contributed by atoms with Crippen molar-refractivity contribution in [2.75, 3.05) is 11.1 Å². The molecule has 0 saturated heterocycles. The molecule has 2 aromatic rings. The molecule has 2 aromatic carbocycles. The molecular formula is C13H12FIN2. The Hall–Kier alpha value is -1.30. The van der Waals surface area contributed by atoms with Gasteiger partial charge in [0.2, 0.25) is 0 Å². The Balaban J connectivity index is 2.33. The maximum absolute atomic E-state index is 13.3. The summed E-state index contributed by atoms with van der Waals surface area (Å²) in [5.41, 5.74) is 8.42. The summed E-state index contributed by atoms with van der Waals surface area (Å²) in [6, 6.07) is 11.0. The van der Waals surface area contributed by atoms with Crippen LogP contribution in [0.15, 0.2) is 36.4 Å². The van der Waals surface area contributed by atoms with Crippen molar-refractivity contribution in [1.29, 1.82) is 0 Å². The maximum Gasteiger partial charge on any atom is 0.128 e. The van der Waals surface area contributed by atoms with Crippen molar-refractivity contribution < 1.29 is 4.39 Å². The zero-order chi connectivity index (χ0) is 12.4. The zero-order valence-corrected chi connectivity index (χ0v) is 11.5. The molecule has 88 valence electrons. The molecule has 0 aliphatic rings. The quantitative estimate of drug-likeness (QED) is 0.638. The van der Waals surface area contributed by atoms with Gasteiger partial charge < -0.3 is 11.1 Å². The number of rotatable bonds is 2. The van der Waals surface area contributed by atoms with Crippen molar-refractivity contribution in [3.05, 3.63) is 51.3 Å². The minimum absolute atomic E-state index is 0.282. The molecule has 17 heavy (non-hydrogen) atoms.